The van der Waals surface area contributed by atoms with Crippen molar-refractivity contribution in [2.24, 2.45) is 0 Å². The van der Waals surface area contributed by atoms with Gasteiger partial charge in [0.15, 0.2) is 0 Å². The molecular weight excluding hydrogens is 452 g/mol. The summed E-state index contributed by atoms with van der Waals surface area (Å²) in [6, 6.07) is 8.63. The monoisotopic (exact) mass is 494 g/mol. The minimum absolute atomic E-state index is 0.135. The number of fused-ring (bicyclic) bond motifs is 1. The van der Waals surface area contributed by atoms with Crippen LogP contribution in [0.3, 0.4) is 0 Å². The van der Waals surface area contributed by atoms with Gasteiger partial charge < -0.3 is 10.2 Å². The molecule has 0 heterocycles. The number of benzene rings is 1. The molecule has 2 N–H and O–H groups in total. The predicted molar refractivity (Wildman–Crippen MR) is 141 cm³/mol. The SMILES string of the molecule is CCCCCCCCCCC[C@@H]1CCC(SCCC(=O)O)(SCCC(=O)O)c2ccccc21. The third-order valence-corrected chi connectivity index (χ3v) is 9.90. The minimum Gasteiger partial charge on any atom is -0.481 e. The fourth-order valence-electron chi connectivity index (χ4n) is 4.80. The average molecular weight is 495 g/mol. The van der Waals surface area contributed by atoms with Gasteiger partial charge in [0.1, 0.15) is 0 Å². The third-order valence-electron chi connectivity index (χ3n) is 6.59. The largest absolute Gasteiger partial charge is 0.481 e. The van der Waals surface area contributed by atoms with E-state index in [2.05, 4.69) is 31.2 Å². The first kappa shape index (κ1) is 28.1. The molecule has 0 fully saturated rings. The number of carboxylic acid groups (broad SMARTS) is 2. The minimum atomic E-state index is -0.777. The molecule has 0 amide bonds. The zero-order chi connectivity index (χ0) is 23.9. The maximum Gasteiger partial charge on any atom is 0.304 e. The van der Waals surface area contributed by atoms with E-state index >= 15 is 0 Å². The van der Waals surface area contributed by atoms with Gasteiger partial charge in [0.05, 0.1) is 16.9 Å². The number of hydrogen-bond acceptors (Lipinski definition) is 4. The van der Waals surface area contributed by atoms with E-state index in [4.69, 9.17) is 10.2 Å². The fraction of sp³-hybridized carbons (Fsp3) is 0.704. The first-order chi connectivity index (χ1) is 16.0. The molecule has 0 aromatic heterocycles. The van der Waals surface area contributed by atoms with Crippen LogP contribution in [0.15, 0.2) is 24.3 Å². The summed E-state index contributed by atoms with van der Waals surface area (Å²) in [5.74, 6) is 0.0966. The molecule has 0 spiro atoms. The van der Waals surface area contributed by atoms with Crippen LogP contribution in [0.25, 0.3) is 0 Å². The van der Waals surface area contributed by atoms with Crippen molar-refractivity contribution in [2.45, 2.75) is 107 Å². The third kappa shape index (κ3) is 9.94. The summed E-state index contributed by atoms with van der Waals surface area (Å²) in [4.78, 5) is 22.2. The van der Waals surface area contributed by atoms with Crippen LogP contribution in [0.1, 0.15) is 114 Å². The molecule has 0 radical (unpaired) electrons. The predicted octanol–water partition coefficient (Wildman–Crippen LogP) is 8.05. The molecule has 1 aromatic carbocycles. The first-order valence-corrected chi connectivity index (χ1v) is 14.8. The van der Waals surface area contributed by atoms with Crippen molar-refractivity contribution >= 4 is 35.5 Å². The van der Waals surface area contributed by atoms with Gasteiger partial charge in [0.2, 0.25) is 0 Å². The van der Waals surface area contributed by atoms with E-state index in [9.17, 15) is 9.59 Å². The van der Waals surface area contributed by atoms with Crippen LogP contribution in [0.4, 0.5) is 0 Å². The van der Waals surface area contributed by atoms with Crippen molar-refractivity contribution in [3.63, 3.8) is 0 Å². The smallest absolute Gasteiger partial charge is 0.304 e. The lowest BCUT2D eigenvalue weighted by Gasteiger charge is -2.41. The second-order valence-electron chi connectivity index (χ2n) is 9.18. The molecule has 1 aliphatic carbocycles. The van der Waals surface area contributed by atoms with Crippen molar-refractivity contribution in [2.75, 3.05) is 11.5 Å². The van der Waals surface area contributed by atoms with Crippen molar-refractivity contribution < 1.29 is 19.8 Å². The molecular formula is C27H42O4S2. The lowest BCUT2D eigenvalue weighted by atomic mass is 9.79. The number of carboxylic acids is 2. The molecule has 6 heteroatoms. The Balaban J connectivity index is 1.95. The van der Waals surface area contributed by atoms with Gasteiger partial charge in [-0.25, -0.2) is 0 Å². The number of unbranched alkanes of at least 4 members (excludes halogenated alkanes) is 8. The van der Waals surface area contributed by atoms with E-state index in [1.165, 1.54) is 75.3 Å². The van der Waals surface area contributed by atoms with Gasteiger partial charge in [-0.15, -0.1) is 23.5 Å². The van der Waals surface area contributed by atoms with Crippen LogP contribution in [0.2, 0.25) is 0 Å². The van der Waals surface area contributed by atoms with E-state index < -0.39 is 11.9 Å². The highest BCUT2D eigenvalue weighted by Gasteiger charge is 2.40. The van der Waals surface area contributed by atoms with E-state index in [0.29, 0.717) is 17.4 Å². The van der Waals surface area contributed by atoms with Crippen molar-refractivity contribution in [1.82, 2.24) is 0 Å². The molecule has 0 aliphatic heterocycles. The molecule has 4 nitrogen and oxygen atoms in total. The molecule has 0 saturated heterocycles. The zero-order valence-corrected chi connectivity index (χ0v) is 21.9. The maximum absolute atomic E-state index is 11.1. The lowest BCUT2D eigenvalue weighted by Crippen LogP contribution is -2.28. The summed E-state index contributed by atoms with van der Waals surface area (Å²) in [5, 5.41) is 18.3. The molecule has 186 valence electrons. The highest BCUT2D eigenvalue weighted by atomic mass is 32.2. The van der Waals surface area contributed by atoms with Gasteiger partial charge >= 0.3 is 11.9 Å². The highest BCUT2D eigenvalue weighted by Crippen LogP contribution is 2.57. The molecule has 33 heavy (non-hydrogen) atoms. The summed E-state index contributed by atoms with van der Waals surface area (Å²) >= 11 is 3.40. The number of carbonyl (C=O) groups is 2. The Bertz CT molecular complexity index is 702. The quantitative estimate of drug-likeness (QED) is 0.159. The molecule has 1 aromatic rings. The number of rotatable bonds is 18. The topological polar surface area (TPSA) is 74.6 Å². The highest BCUT2D eigenvalue weighted by molar-refractivity contribution is 8.17. The summed E-state index contributed by atoms with van der Waals surface area (Å²) in [6.07, 6.45) is 15.6. The molecule has 0 unspecified atom stereocenters. The Morgan fingerprint density at radius 2 is 1.42 bits per heavy atom. The number of aliphatic carboxylic acids is 2. The van der Waals surface area contributed by atoms with Crippen LogP contribution in [0, 0.1) is 0 Å². The standard InChI is InChI=1S/C27H42O4S2/c1-2-3-4-5-6-7-8-9-10-13-22-16-19-27(32-20-17-25(28)29,33-21-18-26(30)31)24-15-12-11-14-23(22)24/h11-12,14-15,22H,2-10,13,16-21H2,1H3,(H,28,29)(H,30,31)/t22-/m1/s1. The Hall–Kier alpha value is -1.14. The van der Waals surface area contributed by atoms with Gasteiger partial charge in [-0.05, 0) is 36.3 Å². The van der Waals surface area contributed by atoms with Crippen LogP contribution >= 0.6 is 23.5 Å². The van der Waals surface area contributed by atoms with Gasteiger partial charge in [-0.2, -0.15) is 0 Å². The van der Waals surface area contributed by atoms with E-state index in [1.807, 2.05) is 0 Å². The molecule has 0 bridgehead atoms. The van der Waals surface area contributed by atoms with Crippen LogP contribution < -0.4 is 0 Å². The number of hydrogen-bond donors (Lipinski definition) is 2. The van der Waals surface area contributed by atoms with E-state index in [-0.39, 0.29) is 16.9 Å². The first-order valence-electron chi connectivity index (χ1n) is 12.8. The Labute approximate surface area is 208 Å². The second kappa shape index (κ2) is 15.7. The lowest BCUT2D eigenvalue weighted by molar-refractivity contribution is -0.137. The summed E-state index contributed by atoms with van der Waals surface area (Å²) in [7, 11) is 0. The van der Waals surface area contributed by atoms with Gasteiger partial charge in [0, 0.05) is 11.5 Å². The molecule has 1 atom stereocenters. The molecule has 0 saturated carbocycles. The van der Waals surface area contributed by atoms with E-state index in [1.54, 1.807) is 23.5 Å². The van der Waals surface area contributed by atoms with Gasteiger partial charge in [0.25, 0.3) is 0 Å². The summed E-state index contributed by atoms with van der Waals surface area (Å²) in [5.41, 5.74) is 2.69. The zero-order valence-electron chi connectivity index (χ0n) is 20.2. The fourth-order valence-corrected chi connectivity index (χ4v) is 8.06. The second-order valence-corrected chi connectivity index (χ2v) is 12.2. The Kier molecular flexibility index (Phi) is 13.4. The normalized spacial score (nSPS) is 16.9. The maximum atomic E-state index is 11.1. The van der Waals surface area contributed by atoms with Crippen molar-refractivity contribution in [3.05, 3.63) is 35.4 Å². The van der Waals surface area contributed by atoms with Gasteiger partial charge in [-0.3, -0.25) is 9.59 Å². The van der Waals surface area contributed by atoms with Crippen LogP contribution in [-0.4, -0.2) is 33.7 Å². The number of thioether (sulfide) groups is 2. The molecule has 1 aliphatic rings. The Morgan fingerprint density at radius 1 is 0.879 bits per heavy atom. The van der Waals surface area contributed by atoms with Gasteiger partial charge in [-0.1, -0.05) is 89.0 Å². The van der Waals surface area contributed by atoms with Crippen molar-refractivity contribution in [1.29, 1.82) is 0 Å². The Morgan fingerprint density at radius 3 is 2.00 bits per heavy atom. The molecule has 2 rings (SSSR count). The van der Waals surface area contributed by atoms with Crippen LogP contribution in [-0.2, 0) is 13.7 Å². The van der Waals surface area contributed by atoms with Crippen molar-refractivity contribution in [3.8, 4) is 0 Å². The van der Waals surface area contributed by atoms with E-state index in [0.717, 1.165) is 12.8 Å². The average Bonchev–Trinajstić information content (AvgIpc) is 2.79. The summed E-state index contributed by atoms with van der Waals surface area (Å²) in [6.45, 7) is 2.26. The summed E-state index contributed by atoms with van der Waals surface area (Å²) < 4.78 is -0.240. The van der Waals surface area contributed by atoms with Crippen LogP contribution in [0.5, 0.6) is 0 Å².